The third-order valence-corrected chi connectivity index (χ3v) is 9.86. The molecular formula is C17H16ClNO6S4. The fourth-order valence-electron chi connectivity index (χ4n) is 2.74. The van der Waals surface area contributed by atoms with Crippen LogP contribution in [0.2, 0.25) is 5.02 Å². The Morgan fingerprint density at radius 3 is 2.14 bits per heavy atom. The summed E-state index contributed by atoms with van der Waals surface area (Å²) in [7, 11) is -11.7. The van der Waals surface area contributed by atoms with Crippen molar-refractivity contribution in [3.63, 3.8) is 0 Å². The van der Waals surface area contributed by atoms with Crippen LogP contribution in [0.25, 0.3) is 10.1 Å². The molecule has 1 heterocycles. The third kappa shape index (κ3) is 4.43. The van der Waals surface area contributed by atoms with Gasteiger partial charge in [0.15, 0.2) is 19.7 Å². The Hall–Kier alpha value is -1.66. The predicted octanol–water partition coefficient (Wildman–Crippen LogP) is 3.47. The van der Waals surface area contributed by atoms with Gasteiger partial charge >= 0.3 is 0 Å². The van der Waals surface area contributed by atoms with Gasteiger partial charge in [-0.3, -0.25) is 4.72 Å². The highest BCUT2D eigenvalue weighted by atomic mass is 35.5. The average Bonchev–Trinajstić information content (AvgIpc) is 2.90. The van der Waals surface area contributed by atoms with Crippen LogP contribution in [0.1, 0.15) is 5.56 Å². The Morgan fingerprint density at radius 1 is 0.897 bits per heavy atom. The molecule has 7 nitrogen and oxygen atoms in total. The van der Waals surface area contributed by atoms with Crippen molar-refractivity contribution in [3.05, 3.63) is 47.0 Å². The first-order chi connectivity index (χ1) is 13.2. The number of halogens is 1. The number of sulfone groups is 2. The molecule has 0 aliphatic carbocycles. The number of hydrogen-bond acceptors (Lipinski definition) is 7. The standard InChI is InChI=1S/C17H16ClNO6S4/c1-10-13-8-11(18)4-7-15(13)26-17(10)29(24,25)19-14-6-5-12(27(2,20)21)9-16(14)28(3,22)23/h4-9,19H,1-3H3. The molecule has 0 bridgehead atoms. The molecule has 0 amide bonds. The van der Waals surface area contributed by atoms with Crippen molar-refractivity contribution in [2.24, 2.45) is 0 Å². The summed E-state index contributed by atoms with van der Waals surface area (Å²) in [6.45, 7) is 1.63. The van der Waals surface area contributed by atoms with E-state index in [0.29, 0.717) is 20.7 Å². The minimum Gasteiger partial charge on any atom is -0.278 e. The van der Waals surface area contributed by atoms with Crippen molar-refractivity contribution in [2.75, 3.05) is 17.2 Å². The molecule has 0 atom stereocenters. The molecule has 1 aromatic heterocycles. The number of rotatable bonds is 5. The van der Waals surface area contributed by atoms with E-state index in [1.165, 1.54) is 0 Å². The average molecular weight is 494 g/mol. The lowest BCUT2D eigenvalue weighted by Crippen LogP contribution is -2.15. The largest absolute Gasteiger partial charge is 0.278 e. The first-order valence-corrected chi connectivity index (χ1v) is 14.4. The van der Waals surface area contributed by atoms with Gasteiger partial charge in [0.25, 0.3) is 10.0 Å². The second kappa shape index (κ2) is 7.24. The summed E-state index contributed by atoms with van der Waals surface area (Å²) in [5, 5.41) is 1.14. The van der Waals surface area contributed by atoms with E-state index in [4.69, 9.17) is 11.6 Å². The summed E-state index contributed by atoms with van der Waals surface area (Å²) in [5.41, 5.74) is 0.253. The molecule has 0 spiro atoms. The minimum absolute atomic E-state index is 0.0152. The lowest BCUT2D eigenvalue weighted by molar-refractivity contribution is 0.600. The molecule has 0 aliphatic heterocycles. The molecule has 3 aromatic rings. The Bertz CT molecular complexity index is 1460. The van der Waals surface area contributed by atoms with Crippen molar-refractivity contribution < 1.29 is 25.3 Å². The highest BCUT2D eigenvalue weighted by Gasteiger charge is 2.25. The highest BCUT2D eigenvalue weighted by molar-refractivity contribution is 7.95. The predicted molar refractivity (Wildman–Crippen MR) is 115 cm³/mol. The van der Waals surface area contributed by atoms with E-state index < -0.39 is 34.6 Å². The molecule has 156 valence electrons. The number of sulfonamides is 1. The Labute approximate surface area is 178 Å². The van der Waals surface area contributed by atoms with Crippen LogP contribution in [0.5, 0.6) is 0 Å². The quantitative estimate of drug-likeness (QED) is 0.582. The van der Waals surface area contributed by atoms with E-state index in [-0.39, 0.29) is 14.8 Å². The van der Waals surface area contributed by atoms with Gasteiger partial charge in [-0.05, 0) is 54.3 Å². The molecule has 29 heavy (non-hydrogen) atoms. The number of aryl methyl sites for hydroxylation is 1. The molecule has 0 radical (unpaired) electrons. The molecule has 0 saturated carbocycles. The van der Waals surface area contributed by atoms with E-state index in [1.54, 1.807) is 25.1 Å². The Morgan fingerprint density at radius 2 is 1.55 bits per heavy atom. The van der Waals surface area contributed by atoms with Crippen molar-refractivity contribution in [1.82, 2.24) is 0 Å². The second-order valence-electron chi connectivity index (χ2n) is 6.46. The zero-order valence-electron chi connectivity index (χ0n) is 15.4. The molecular weight excluding hydrogens is 478 g/mol. The van der Waals surface area contributed by atoms with Crippen LogP contribution in [0.4, 0.5) is 5.69 Å². The van der Waals surface area contributed by atoms with E-state index in [2.05, 4.69) is 4.72 Å². The van der Waals surface area contributed by atoms with Crippen LogP contribution in [-0.2, 0) is 29.7 Å². The van der Waals surface area contributed by atoms with E-state index in [1.807, 2.05) is 0 Å². The van der Waals surface area contributed by atoms with Crippen molar-refractivity contribution in [2.45, 2.75) is 20.9 Å². The zero-order chi connectivity index (χ0) is 21.8. The van der Waals surface area contributed by atoms with Gasteiger partial charge in [-0.2, -0.15) is 0 Å². The van der Waals surface area contributed by atoms with Gasteiger partial charge in [-0.1, -0.05) is 11.6 Å². The summed E-state index contributed by atoms with van der Waals surface area (Å²) >= 11 is 7.02. The number of nitrogens with one attached hydrogen (secondary N) is 1. The maximum Gasteiger partial charge on any atom is 0.271 e. The zero-order valence-corrected chi connectivity index (χ0v) is 19.4. The summed E-state index contributed by atoms with van der Waals surface area (Å²) < 4.78 is 76.8. The number of fused-ring (bicyclic) bond motifs is 1. The smallest absolute Gasteiger partial charge is 0.271 e. The number of anilines is 1. The molecule has 12 heteroatoms. The summed E-state index contributed by atoms with van der Waals surface area (Å²) in [6.07, 6.45) is 1.81. The molecule has 1 N–H and O–H groups in total. The maximum atomic E-state index is 13.0. The SMILES string of the molecule is Cc1c(S(=O)(=O)Nc2ccc(S(C)(=O)=O)cc2S(C)(=O)=O)sc2ccc(Cl)cc12. The van der Waals surface area contributed by atoms with Crippen LogP contribution in [0.3, 0.4) is 0 Å². The Kier molecular flexibility index (Phi) is 5.50. The fraction of sp³-hybridized carbons (Fsp3) is 0.176. The Balaban J connectivity index is 2.16. The van der Waals surface area contributed by atoms with Gasteiger partial charge in [0.2, 0.25) is 0 Å². The molecule has 2 aromatic carbocycles. The molecule has 3 rings (SSSR count). The van der Waals surface area contributed by atoms with Crippen LogP contribution in [-0.4, -0.2) is 37.8 Å². The first-order valence-electron chi connectivity index (χ1n) is 7.96. The molecule has 0 aliphatic rings. The van der Waals surface area contributed by atoms with Crippen LogP contribution < -0.4 is 4.72 Å². The number of benzene rings is 2. The summed E-state index contributed by atoms with van der Waals surface area (Å²) in [6, 6.07) is 8.24. The summed E-state index contributed by atoms with van der Waals surface area (Å²) in [4.78, 5) is -0.653. The van der Waals surface area contributed by atoms with E-state index in [0.717, 1.165) is 42.0 Å². The first kappa shape index (κ1) is 22.0. The van der Waals surface area contributed by atoms with Gasteiger partial charge in [-0.15, -0.1) is 11.3 Å². The van der Waals surface area contributed by atoms with Crippen molar-refractivity contribution in [1.29, 1.82) is 0 Å². The van der Waals surface area contributed by atoms with Crippen molar-refractivity contribution >= 4 is 68.4 Å². The maximum absolute atomic E-state index is 13.0. The molecule has 0 saturated heterocycles. The van der Waals surface area contributed by atoms with Crippen LogP contribution in [0, 0.1) is 6.92 Å². The molecule has 0 unspecified atom stereocenters. The third-order valence-electron chi connectivity index (χ3n) is 4.12. The normalized spacial score (nSPS) is 13.0. The van der Waals surface area contributed by atoms with E-state index in [9.17, 15) is 25.3 Å². The second-order valence-corrected chi connectivity index (χ2v) is 13.8. The van der Waals surface area contributed by atoms with Gasteiger partial charge < -0.3 is 0 Å². The number of hydrogen-bond donors (Lipinski definition) is 1. The van der Waals surface area contributed by atoms with Crippen LogP contribution >= 0.6 is 22.9 Å². The van der Waals surface area contributed by atoms with Gasteiger partial charge in [0.1, 0.15) is 4.21 Å². The van der Waals surface area contributed by atoms with E-state index >= 15 is 0 Å². The van der Waals surface area contributed by atoms with Crippen molar-refractivity contribution in [3.8, 4) is 0 Å². The highest BCUT2D eigenvalue weighted by Crippen LogP contribution is 2.37. The van der Waals surface area contributed by atoms with Gasteiger partial charge in [0.05, 0.1) is 15.5 Å². The van der Waals surface area contributed by atoms with Gasteiger partial charge in [-0.25, -0.2) is 25.3 Å². The minimum atomic E-state index is -4.14. The fourth-order valence-corrected chi connectivity index (χ4v) is 7.39. The topological polar surface area (TPSA) is 114 Å². The summed E-state index contributed by atoms with van der Waals surface area (Å²) in [5.74, 6) is 0. The molecule has 0 fully saturated rings. The lowest BCUT2D eigenvalue weighted by Gasteiger charge is -2.12. The monoisotopic (exact) mass is 493 g/mol. The lowest BCUT2D eigenvalue weighted by atomic mass is 10.2. The van der Waals surface area contributed by atoms with Gasteiger partial charge in [0, 0.05) is 22.2 Å². The van der Waals surface area contributed by atoms with Crippen LogP contribution in [0.15, 0.2) is 50.4 Å². The number of thiophene rings is 1.